The highest BCUT2D eigenvalue weighted by molar-refractivity contribution is 7.89. The molecule has 3 aromatic rings. The molecule has 3 rings (SSSR count). The van der Waals surface area contributed by atoms with Gasteiger partial charge in [-0.25, -0.2) is 8.42 Å². The van der Waals surface area contributed by atoms with Gasteiger partial charge in [-0.1, -0.05) is 59.6 Å². The van der Waals surface area contributed by atoms with Crippen LogP contribution in [0.2, 0.25) is 5.02 Å². The van der Waals surface area contributed by atoms with Crippen molar-refractivity contribution in [3.05, 3.63) is 94.5 Å². The number of ether oxygens (including phenoxy) is 1. The van der Waals surface area contributed by atoms with Gasteiger partial charge in [-0.2, -0.15) is 4.31 Å². The van der Waals surface area contributed by atoms with Crippen LogP contribution in [0.5, 0.6) is 5.75 Å². The first-order chi connectivity index (χ1) is 15.7. The molecule has 0 fully saturated rings. The summed E-state index contributed by atoms with van der Waals surface area (Å²) in [4.78, 5) is 13.1. The number of halogens is 1. The van der Waals surface area contributed by atoms with Gasteiger partial charge in [0.2, 0.25) is 15.9 Å². The van der Waals surface area contributed by atoms with Crippen molar-refractivity contribution in [2.75, 3.05) is 13.7 Å². The summed E-state index contributed by atoms with van der Waals surface area (Å²) in [6.45, 7) is 3.37. The Morgan fingerprint density at radius 3 is 2.42 bits per heavy atom. The van der Waals surface area contributed by atoms with E-state index in [1.807, 2.05) is 38.1 Å². The minimum atomic E-state index is -3.93. The van der Waals surface area contributed by atoms with Crippen LogP contribution in [0.4, 0.5) is 0 Å². The molecule has 1 amide bonds. The van der Waals surface area contributed by atoms with Crippen molar-refractivity contribution in [2.24, 2.45) is 0 Å². The molecule has 0 heterocycles. The maximum absolute atomic E-state index is 13.4. The second-order valence-electron chi connectivity index (χ2n) is 7.75. The first-order valence-electron chi connectivity index (χ1n) is 10.4. The van der Waals surface area contributed by atoms with Gasteiger partial charge >= 0.3 is 0 Å². The Bertz CT molecular complexity index is 1210. The number of benzene rings is 3. The molecule has 0 bridgehead atoms. The summed E-state index contributed by atoms with van der Waals surface area (Å²) < 4.78 is 33.4. The number of hydrogen-bond acceptors (Lipinski definition) is 4. The summed E-state index contributed by atoms with van der Waals surface area (Å²) in [6, 6.07) is 20.5. The number of hydrogen-bond donors (Lipinski definition) is 1. The number of amides is 1. The summed E-state index contributed by atoms with van der Waals surface area (Å²) in [5.41, 5.74) is 2.43. The van der Waals surface area contributed by atoms with E-state index < -0.39 is 15.9 Å². The normalized spacial score (nSPS) is 12.4. The first kappa shape index (κ1) is 24.8. The Morgan fingerprint density at radius 1 is 1.06 bits per heavy atom. The van der Waals surface area contributed by atoms with Crippen molar-refractivity contribution in [2.45, 2.75) is 31.3 Å². The molecule has 6 nitrogen and oxygen atoms in total. The number of nitrogens with one attached hydrogen (secondary N) is 1. The van der Waals surface area contributed by atoms with E-state index >= 15 is 0 Å². The van der Waals surface area contributed by atoms with Gasteiger partial charge < -0.3 is 10.1 Å². The van der Waals surface area contributed by atoms with Crippen LogP contribution in [0.15, 0.2) is 77.7 Å². The number of nitrogens with zero attached hydrogens (tertiary/aromatic N) is 1. The zero-order valence-electron chi connectivity index (χ0n) is 18.8. The standard InChI is InChI=1S/C25H27ClN2O4S/c1-18-11-13-22(14-12-18)33(30,31)28(16-20-7-6-8-21(26)15-20)17-25(29)27-19(2)23-9-4-5-10-24(23)32-3/h4-15,19H,16-17H2,1-3H3,(H,27,29). The fourth-order valence-corrected chi connectivity index (χ4v) is 5.07. The third-order valence-corrected chi connectivity index (χ3v) is 7.25. The van der Waals surface area contributed by atoms with Gasteiger partial charge in [-0.15, -0.1) is 0 Å². The summed E-state index contributed by atoms with van der Waals surface area (Å²) >= 11 is 6.09. The van der Waals surface area contributed by atoms with Gasteiger partial charge in [-0.3, -0.25) is 4.79 Å². The summed E-state index contributed by atoms with van der Waals surface area (Å²) in [5.74, 6) is 0.222. The maximum Gasteiger partial charge on any atom is 0.243 e. The van der Waals surface area contributed by atoms with Crippen LogP contribution < -0.4 is 10.1 Å². The number of methoxy groups -OCH3 is 1. The smallest absolute Gasteiger partial charge is 0.243 e. The zero-order chi connectivity index (χ0) is 24.0. The second kappa shape index (κ2) is 10.8. The molecule has 0 aliphatic heterocycles. The molecule has 8 heteroatoms. The molecule has 1 atom stereocenters. The molecule has 0 radical (unpaired) electrons. The Kier molecular flexibility index (Phi) is 8.13. The molecule has 0 aliphatic rings. The SMILES string of the molecule is COc1ccccc1C(C)NC(=O)CN(Cc1cccc(Cl)c1)S(=O)(=O)c1ccc(C)cc1. The van der Waals surface area contributed by atoms with Crippen molar-refractivity contribution in [1.82, 2.24) is 9.62 Å². The van der Waals surface area contributed by atoms with E-state index in [2.05, 4.69) is 5.32 Å². The highest BCUT2D eigenvalue weighted by Gasteiger charge is 2.27. The van der Waals surface area contributed by atoms with Crippen LogP contribution in [-0.4, -0.2) is 32.3 Å². The molecule has 0 saturated heterocycles. The van der Waals surface area contributed by atoms with Crippen LogP contribution in [0, 0.1) is 6.92 Å². The maximum atomic E-state index is 13.4. The molecular formula is C25H27ClN2O4S. The highest BCUT2D eigenvalue weighted by atomic mass is 35.5. The molecule has 0 aliphatic carbocycles. The van der Waals surface area contributed by atoms with Crippen molar-refractivity contribution < 1.29 is 17.9 Å². The average molecular weight is 487 g/mol. The van der Waals surface area contributed by atoms with E-state index in [0.29, 0.717) is 16.3 Å². The number of aryl methyl sites for hydroxylation is 1. The minimum Gasteiger partial charge on any atom is -0.496 e. The zero-order valence-corrected chi connectivity index (χ0v) is 20.4. The fraction of sp³-hybridized carbons (Fsp3) is 0.240. The number of para-hydroxylation sites is 1. The van der Waals surface area contributed by atoms with E-state index in [-0.39, 0.29) is 24.0 Å². The van der Waals surface area contributed by atoms with Crippen LogP contribution in [0.25, 0.3) is 0 Å². The lowest BCUT2D eigenvalue weighted by molar-refractivity contribution is -0.122. The molecule has 1 unspecified atom stereocenters. The summed E-state index contributed by atoms with van der Waals surface area (Å²) in [7, 11) is -2.37. The largest absolute Gasteiger partial charge is 0.496 e. The average Bonchev–Trinajstić information content (AvgIpc) is 2.79. The quantitative estimate of drug-likeness (QED) is 0.474. The molecule has 3 aromatic carbocycles. The van der Waals surface area contributed by atoms with E-state index in [1.54, 1.807) is 55.6 Å². The van der Waals surface area contributed by atoms with E-state index in [9.17, 15) is 13.2 Å². The Morgan fingerprint density at radius 2 is 1.76 bits per heavy atom. The number of sulfonamides is 1. The monoisotopic (exact) mass is 486 g/mol. The third-order valence-electron chi connectivity index (χ3n) is 5.21. The van der Waals surface area contributed by atoms with Gasteiger partial charge in [0.05, 0.1) is 24.6 Å². The predicted molar refractivity (Wildman–Crippen MR) is 130 cm³/mol. The molecule has 174 valence electrons. The number of rotatable bonds is 9. The Labute approximate surface area is 200 Å². The molecule has 1 N–H and O–H groups in total. The topological polar surface area (TPSA) is 75.7 Å². The lowest BCUT2D eigenvalue weighted by atomic mass is 10.1. The lowest BCUT2D eigenvalue weighted by Gasteiger charge is -2.24. The highest BCUT2D eigenvalue weighted by Crippen LogP contribution is 2.25. The van der Waals surface area contributed by atoms with Gasteiger partial charge in [0.15, 0.2) is 0 Å². The third kappa shape index (κ3) is 6.35. The van der Waals surface area contributed by atoms with Gasteiger partial charge in [0, 0.05) is 17.1 Å². The van der Waals surface area contributed by atoms with Crippen molar-refractivity contribution in [3.8, 4) is 5.75 Å². The Hall–Kier alpha value is -2.87. The lowest BCUT2D eigenvalue weighted by Crippen LogP contribution is -2.41. The summed E-state index contributed by atoms with van der Waals surface area (Å²) in [5, 5.41) is 3.37. The van der Waals surface area contributed by atoms with Crippen molar-refractivity contribution >= 4 is 27.5 Å². The second-order valence-corrected chi connectivity index (χ2v) is 10.1. The first-order valence-corrected chi connectivity index (χ1v) is 12.3. The van der Waals surface area contributed by atoms with Gasteiger partial charge in [0.1, 0.15) is 5.75 Å². The van der Waals surface area contributed by atoms with E-state index in [4.69, 9.17) is 16.3 Å². The summed E-state index contributed by atoms with van der Waals surface area (Å²) in [6.07, 6.45) is 0. The van der Waals surface area contributed by atoms with Gasteiger partial charge in [0.25, 0.3) is 0 Å². The molecule has 0 saturated carbocycles. The number of carbonyl (C=O) groups excluding carboxylic acids is 1. The van der Waals surface area contributed by atoms with Crippen LogP contribution in [0.1, 0.15) is 29.7 Å². The minimum absolute atomic E-state index is 0.00717. The van der Waals surface area contributed by atoms with Crippen molar-refractivity contribution in [1.29, 1.82) is 0 Å². The molecule has 0 aromatic heterocycles. The van der Waals surface area contributed by atoms with Crippen LogP contribution in [0.3, 0.4) is 0 Å². The predicted octanol–water partition coefficient (Wildman–Crippen LogP) is 4.73. The molecular weight excluding hydrogens is 460 g/mol. The molecule has 0 spiro atoms. The Balaban J connectivity index is 1.85. The van der Waals surface area contributed by atoms with Crippen LogP contribution >= 0.6 is 11.6 Å². The number of carbonyl (C=O) groups is 1. The fourth-order valence-electron chi connectivity index (χ4n) is 3.47. The molecule has 33 heavy (non-hydrogen) atoms. The van der Waals surface area contributed by atoms with Gasteiger partial charge in [-0.05, 0) is 49.7 Å². The van der Waals surface area contributed by atoms with Crippen LogP contribution in [-0.2, 0) is 21.4 Å². The van der Waals surface area contributed by atoms with E-state index in [1.165, 1.54) is 0 Å². The van der Waals surface area contributed by atoms with Crippen molar-refractivity contribution in [3.63, 3.8) is 0 Å². The van der Waals surface area contributed by atoms with E-state index in [0.717, 1.165) is 15.4 Å².